The first-order valence-electron chi connectivity index (χ1n) is 6.38. The van der Waals surface area contributed by atoms with Crippen LogP contribution in [0.3, 0.4) is 0 Å². The van der Waals surface area contributed by atoms with E-state index >= 15 is 0 Å². The molecule has 1 unspecified atom stereocenters. The SMILES string of the molecule is CNC(Cc1cc(Cl)ccc1Cl)c1ccc(F)cc1C. The van der Waals surface area contributed by atoms with Crippen LogP contribution in [0.25, 0.3) is 0 Å². The van der Waals surface area contributed by atoms with Gasteiger partial charge in [0, 0.05) is 16.1 Å². The lowest BCUT2D eigenvalue weighted by molar-refractivity contribution is 0.582. The zero-order chi connectivity index (χ0) is 14.7. The van der Waals surface area contributed by atoms with Crippen LogP contribution in [0.1, 0.15) is 22.7 Å². The minimum Gasteiger partial charge on any atom is -0.313 e. The van der Waals surface area contributed by atoms with Gasteiger partial charge in [0.05, 0.1) is 0 Å². The first-order chi connectivity index (χ1) is 9.51. The molecule has 0 aliphatic carbocycles. The van der Waals surface area contributed by atoms with E-state index in [0.29, 0.717) is 16.5 Å². The van der Waals surface area contributed by atoms with Crippen molar-refractivity contribution in [1.29, 1.82) is 0 Å². The molecule has 2 aromatic carbocycles. The van der Waals surface area contributed by atoms with Crippen LogP contribution >= 0.6 is 23.2 Å². The van der Waals surface area contributed by atoms with Gasteiger partial charge < -0.3 is 5.32 Å². The van der Waals surface area contributed by atoms with E-state index in [2.05, 4.69) is 5.32 Å². The van der Waals surface area contributed by atoms with Crippen LogP contribution in [0.15, 0.2) is 36.4 Å². The molecule has 0 aliphatic heterocycles. The molecule has 1 atom stereocenters. The molecule has 0 radical (unpaired) electrons. The number of aryl methyl sites for hydroxylation is 1. The van der Waals surface area contributed by atoms with Gasteiger partial charge in [-0.05, 0) is 67.4 Å². The number of nitrogens with one attached hydrogen (secondary N) is 1. The highest BCUT2D eigenvalue weighted by molar-refractivity contribution is 6.33. The third kappa shape index (κ3) is 3.51. The van der Waals surface area contributed by atoms with Crippen LogP contribution in [0, 0.1) is 12.7 Å². The molecule has 2 rings (SSSR count). The second kappa shape index (κ2) is 6.57. The van der Waals surface area contributed by atoms with E-state index in [-0.39, 0.29) is 11.9 Å². The van der Waals surface area contributed by atoms with E-state index in [0.717, 1.165) is 16.7 Å². The Kier molecular flexibility index (Phi) is 5.03. The Balaban J connectivity index is 2.31. The summed E-state index contributed by atoms with van der Waals surface area (Å²) in [7, 11) is 1.88. The van der Waals surface area contributed by atoms with Crippen molar-refractivity contribution in [3.05, 3.63) is 69.0 Å². The highest BCUT2D eigenvalue weighted by Gasteiger charge is 2.15. The molecule has 0 fully saturated rings. The van der Waals surface area contributed by atoms with Gasteiger partial charge in [-0.25, -0.2) is 4.39 Å². The van der Waals surface area contributed by atoms with E-state index in [1.54, 1.807) is 18.2 Å². The molecule has 0 aliphatic rings. The highest BCUT2D eigenvalue weighted by Crippen LogP contribution is 2.27. The fourth-order valence-corrected chi connectivity index (χ4v) is 2.71. The zero-order valence-electron chi connectivity index (χ0n) is 11.4. The Bertz CT molecular complexity index is 613. The fraction of sp³-hybridized carbons (Fsp3) is 0.250. The van der Waals surface area contributed by atoms with Crippen LogP contribution in [0.4, 0.5) is 4.39 Å². The Morgan fingerprint density at radius 2 is 1.90 bits per heavy atom. The summed E-state index contributed by atoms with van der Waals surface area (Å²) in [6.07, 6.45) is 0.697. The number of benzene rings is 2. The molecule has 106 valence electrons. The van der Waals surface area contributed by atoms with Gasteiger partial charge in [-0.1, -0.05) is 29.3 Å². The fourth-order valence-electron chi connectivity index (χ4n) is 2.32. The molecule has 1 N–H and O–H groups in total. The molecule has 1 nitrogen and oxygen atoms in total. The maximum Gasteiger partial charge on any atom is 0.123 e. The minimum atomic E-state index is -0.220. The van der Waals surface area contributed by atoms with Gasteiger partial charge in [-0.3, -0.25) is 0 Å². The third-order valence-corrected chi connectivity index (χ3v) is 3.99. The molecule has 0 bridgehead atoms. The van der Waals surface area contributed by atoms with E-state index in [1.807, 2.05) is 26.1 Å². The van der Waals surface area contributed by atoms with Gasteiger partial charge in [0.1, 0.15) is 5.82 Å². The van der Waals surface area contributed by atoms with E-state index in [4.69, 9.17) is 23.2 Å². The third-order valence-electron chi connectivity index (χ3n) is 3.39. The van der Waals surface area contributed by atoms with Crippen molar-refractivity contribution in [2.24, 2.45) is 0 Å². The number of rotatable bonds is 4. The second-order valence-electron chi connectivity index (χ2n) is 4.78. The Labute approximate surface area is 128 Å². The molecule has 2 aromatic rings. The van der Waals surface area contributed by atoms with Crippen LogP contribution in [0.2, 0.25) is 10.0 Å². The van der Waals surface area contributed by atoms with Gasteiger partial charge in [0.15, 0.2) is 0 Å². The molecular weight excluding hydrogens is 296 g/mol. The quantitative estimate of drug-likeness (QED) is 0.843. The smallest absolute Gasteiger partial charge is 0.123 e. The maximum absolute atomic E-state index is 13.2. The van der Waals surface area contributed by atoms with Gasteiger partial charge in [0.2, 0.25) is 0 Å². The van der Waals surface area contributed by atoms with Crippen molar-refractivity contribution in [2.75, 3.05) is 7.05 Å². The molecule has 0 amide bonds. The van der Waals surface area contributed by atoms with Crippen LogP contribution in [-0.2, 0) is 6.42 Å². The summed E-state index contributed by atoms with van der Waals surface area (Å²) >= 11 is 12.2. The number of likely N-dealkylation sites (N-methyl/N-ethyl adjacent to an activating group) is 1. The van der Waals surface area contributed by atoms with Gasteiger partial charge >= 0.3 is 0 Å². The summed E-state index contributed by atoms with van der Waals surface area (Å²) in [5, 5.41) is 4.60. The summed E-state index contributed by atoms with van der Waals surface area (Å²) in [6.45, 7) is 1.91. The Morgan fingerprint density at radius 3 is 2.55 bits per heavy atom. The maximum atomic E-state index is 13.2. The highest BCUT2D eigenvalue weighted by atomic mass is 35.5. The predicted molar refractivity (Wildman–Crippen MR) is 83.1 cm³/mol. The zero-order valence-corrected chi connectivity index (χ0v) is 12.9. The van der Waals surface area contributed by atoms with Crippen molar-refractivity contribution in [3.63, 3.8) is 0 Å². The van der Waals surface area contributed by atoms with E-state index in [9.17, 15) is 4.39 Å². The van der Waals surface area contributed by atoms with Gasteiger partial charge in [0.25, 0.3) is 0 Å². The Hall–Kier alpha value is -1.09. The lowest BCUT2D eigenvalue weighted by Crippen LogP contribution is -2.20. The van der Waals surface area contributed by atoms with Crippen molar-refractivity contribution in [2.45, 2.75) is 19.4 Å². The van der Waals surface area contributed by atoms with Crippen molar-refractivity contribution in [3.8, 4) is 0 Å². The Morgan fingerprint density at radius 1 is 1.15 bits per heavy atom. The molecule has 0 saturated carbocycles. The average molecular weight is 312 g/mol. The van der Waals surface area contributed by atoms with Crippen LogP contribution in [-0.4, -0.2) is 7.05 Å². The summed E-state index contributed by atoms with van der Waals surface area (Å²) in [4.78, 5) is 0. The molecular formula is C16H16Cl2FN. The van der Waals surface area contributed by atoms with Gasteiger partial charge in [-0.15, -0.1) is 0 Å². The lowest BCUT2D eigenvalue weighted by atomic mass is 9.95. The summed E-state index contributed by atoms with van der Waals surface area (Å²) in [5.74, 6) is -0.220. The van der Waals surface area contributed by atoms with Crippen LogP contribution in [0.5, 0.6) is 0 Å². The molecule has 0 heterocycles. The topological polar surface area (TPSA) is 12.0 Å². The average Bonchev–Trinajstić information content (AvgIpc) is 2.40. The number of hydrogen-bond acceptors (Lipinski definition) is 1. The standard InChI is InChI=1S/C16H16Cl2FN/c1-10-7-13(19)4-5-14(10)16(20-2)9-11-8-12(17)3-6-15(11)18/h3-8,16,20H,9H2,1-2H3. The summed E-state index contributed by atoms with van der Waals surface area (Å²) < 4.78 is 13.2. The first-order valence-corrected chi connectivity index (χ1v) is 7.14. The number of hydrogen-bond donors (Lipinski definition) is 1. The monoisotopic (exact) mass is 311 g/mol. The molecule has 0 spiro atoms. The number of halogens is 3. The predicted octanol–water partition coefficient (Wildman–Crippen LogP) is 4.94. The molecule has 4 heteroatoms. The van der Waals surface area contributed by atoms with E-state index < -0.39 is 0 Å². The van der Waals surface area contributed by atoms with Crippen molar-refractivity contribution < 1.29 is 4.39 Å². The molecule has 20 heavy (non-hydrogen) atoms. The normalized spacial score (nSPS) is 12.4. The minimum absolute atomic E-state index is 0.0616. The second-order valence-corrected chi connectivity index (χ2v) is 5.63. The first kappa shape index (κ1) is 15.3. The van der Waals surface area contributed by atoms with E-state index in [1.165, 1.54) is 6.07 Å². The largest absolute Gasteiger partial charge is 0.313 e. The summed E-state index contributed by atoms with van der Waals surface area (Å²) in [5.41, 5.74) is 2.95. The van der Waals surface area contributed by atoms with Crippen LogP contribution < -0.4 is 5.32 Å². The lowest BCUT2D eigenvalue weighted by Gasteiger charge is -2.20. The molecule has 0 aromatic heterocycles. The summed E-state index contributed by atoms with van der Waals surface area (Å²) in [6, 6.07) is 10.3. The van der Waals surface area contributed by atoms with Crippen molar-refractivity contribution in [1.82, 2.24) is 5.32 Å². The van der Waals surface area contributed by atoms with Crippen molar-refractivity contribution >= 4 is 23.2 Å². The van der Waals surface area contributed by atoms with Gasteiger partial charge in [-0.2, -0.15) is 0 Å². The molecule has 0 saturated heterocycles.